The van der Waals surface area contributed by atoms with Crippen LogP contribution in [0.15, 0.2) is 66.7 Å². The third kappa shape index (κ3) is 4.63. The summed E-state index contributed by atoms with van der Waals surface area (Å²) in [5, 5.41) is 3.80. The third-order valence-electron chi connectivity index (χ3n) is 5.77. The van der Waals surface area contributed by atoms with Gasteiger partial charge in [-0.1, -0.05) is 48.0 Å². The Morgan fingerprint density at radius 2 is 1.84 bits per heavy atom. The van der Waals surface area contributed by atoms with Crippen LogP contribution in [0.3, 0.4) is 0 Å². The number of halogens is 1. The predicted molar refractivity (Wildman–Crippen MR) is 126 cm³/mol. The van der Waals surface area contributed by atoms with Crippen LogP contribution in [-0.4, -0.2) is 25.5 Å². The number of methoxy groups -OCH3 is 1. The first-order valence-electron chi connectivity index (χ1n) is 10.6. The molecule has 1 heterocycles. The molecule has 0 bridgehead atoms. The first-order valence-corrected chi connectivity index (χ1v) is 10.9. The fourth-order valence-electron chi connectivity index (χ4n) is 4.11. The summed E-state index contributed by atoms with van der Waals surface area (Å²) in [4.78, 5) is 27.1. The van der Waals surface area contributed by atoms with Crippen LogP contribution in [0.4, 0.5) is 5.69 Å². The van der Waals surface area contributed by atoms with Gasteiger partial charge in [0.1, 0.15) is 0 Å². The number of anilines is 1. The first-order chi connectivity index (χ1) is 15.5. The van der Waals surface area contributed by atoms with E-state index in [2.05, 4.69) is 16.3 Å². The maximum absolute atomic E-state index is 13.2. The van der Waals surface area contributed by atoms with E-state index in [1.165, 1.54) is 12.7 Å². The van der Waals surface area contributed by atoms with Crippen molar-refractivity contribution in [2.45, 2.75) is 25.9 Å². The number of carbonyl (C=O) groups excluding carboxylic acids is 2. The molecular weight excluding hydrogens is 424 g/mol. The molecule has 0 aromatic heterocycles. The van der Waals surface area contributed by atoms with Crippen molar-refractivity contribution in [2.24, 2.45) is 0 Å². The number of hydrogen-bond acceptors (Lipinski definition) is 4. The molecule has 5 nitrogen and oxygen atoms in total. The van der Waals surface area contributed by atoms with Gasteiger partial charge in [-0.25, -0.2) is 4.79 Å². The van der Waals surface area contributed by atoms with Crippen molar-refractivity contribution in [1.82, 2.24) is 5.32 Å². The van der Waals surface area contributed by atoms with E-state index >= 15 is 0 Å². The number of rotatable bonds is 6. The second-order valence-corrected chi connectivity index (χ2v) is 8.36. The number of para-hydroxylation sites is 1. The summed E-state index contributed by atoms with van der Waals surface area (Å²) in [6.07, 6.45) is 0.904. The van der Waals surface area contributed by atoms with Crippen molar-refractivity contribution in [3.63, 3.8) is 0 Å². The van der Waals surface area contributed by atoms with Gasteiger partial charge in [0.25, 0.3) is 5.91 Å². The van der Waals surface area contributed by atoms with Crippen LogP contribution < -0.4 is 10.2 Å². The lowest BCUT2D eigenvalue weighted by Gasteiger charge is -2.23. The summed E-state index contributed by atoms with van der Waals surface area (Å²) in [5.74, 6) is -0.503. The monoisotopic (exact) mass is 448 g/mol. The van der Waals surface area contributed by atoms with Crippen molar-refractivity contribution >= 4 is 29.2 Å². The highest BCUT2D eigenvalue weighted by molar-refractivity contribution is 6.30. The lowest BCUT2D eigenvalue weighted by Crippen LogP contribution is -2.29. The van der Waals surface area contributed by atoms with Crippen LogP contribution in [0.2, 0.25) is 5.02 Å². The van der Waals surface area contributed by atoms with Gasteiger partial charge in [-0.3, -0.25) is 4.79 Å². The Labute approximate surface area is 193 Å². The molecule has 1 amide bonds. The second-order valence-electron chi connectivity index (χ2n) is 7.92. The van der Waals surface area contributed by atoms with Gasteiger partial charge in [-0.2, -0.15) is 0 Å². The van der Waals surface area contributed by atoms with Crippen molar-refractivity contribution in [2.75, 3.05) is 18.6 Å². The zero-order valence-corrected chi connectivity index (χ0v) is 18.9. The number of fused-ring (bicyclic) bond motifs is 1. The van der Waals surface area contributed by atoms with E-state index in [0.29, 0.717) is 22.7 Å². The van der Waals surface area contributed by atoms with Gasteiger partial charge in [0, 0.05) is 18.1 Å². The van der Waals surface area contributed by atoms with Gasteiger partial charge in [-0.05, 0) is 60.4 Å². The van der Waals surface area contributed by atoms with Crippen LogP contribution in [-0.2, 0) is 17.7 Å². The molecule has 0 saturated carbocycles. The third-order valence-corrected chi connectivity index (χ3v) is 6.01. The standard InChI is InChI=1S/C26H25ClN2O3/c1-17(19-9-11-21(12-10-19)26(31)32-2)28-25(30)23-8-4-6-20-13-14-29(24(20)23)16-18-5-3-7-22(27)15-18/h3-12,15,17H,13-14,16H2,1-2H3,(H,28,30). The van der Waals surface area contributed by atoms with Gasteiger partial charge in [0.05, 0.1) is 30.0 Å². The van der Waals surface area contributed by atoms with Crippen molar-refractivity contribution in [1.29, 1.82) is 0 Å². The highest BCUT2D eigenvalue weighted by Gasteiger charge is 2.26. The zero-order valence-electron chi connectivity index (χ0n) is 18.1. The summed E-state index contributed by atoms with van der Waals surface area (Å²) in [6, 6.07) is 20.6. The Morgan fingerprint density at radius 1 is 1.09 bits per heavy atom. The second kappa shape index (κ2) is 9.45. The molecule has 6 heteroatoms. The van der Waals surface area contributed by atoms with E-state index in [0.717, 1.165) is 29.8 Å². The molecule has 4 rings (SSSR count). The predicted octanol–water partition coefficient (Wildman–Crippen LogP) is 5.18. The molecule has 1 atom stereocenters. The van der Waals surface area contributed by atoms with Crippen molar-refractivity contribution in [3.05, 3.63) is 99.6 Å². The number of benzene rings is 3. The number of amides is 1. The van der Waals surface area contributed by atoms with Crippen LogP contribution in [0.5, 0.6) is 0 Å². The molecule has 1 aliphatic heterocycles. The average Bonchev–Trinajstić information content (AvgIpc) is 3.21. The molecular formula is C26H25ClN2O3. The van der Waals surface area contributed by atoms with Gasteiger partial charge < -0.3 is 15.0 Å². The Hall–Kier alpha value is -3.31. The number of nitrogens with zero attached hydrogens (tertiary/aromatic N) is 1. The lowest BCUT2D eigenvalue weighted by molar-refractivity contribution is 0.0600. The Bertz CT molecular complexity index is 1140. The molecule has 1 N–H and O–H groups in total. The summed E-state index contributed by atoms with van der Waals surface area (Å²) in [5.41, 5.74) is 5.33. The van der Waals surface area contributed by atoms with E-state index < -0.39 is 0 Å². The van der Waals surface area contributed by atoms with E-state index in [-0.39, 0.29) is 17.9 Å². The molecule has 3 aromatic rings. The molecule has 1 unspecified atom stereocenters. The van der Waals surface area contributed by atoms with Crippen LogP contribution in [0.25, 0.3) is 0 Å². The lowest BCUT2D eigenvalue weighted by atomic mass is 10.0. The van der Waals surface area contributed by atoms with Crippen molar-refractivity contribution < 1.29 is 14.3 Å². The molecule has 3 aromatic carbocycles. The number of ether oxygens (including phenoxy) is 1. The fraction of sp³-hybridized carbons (Fsp3) is 0.231. The minimum atomic E-state index is -0.382. The Kier molecular flexibility index (Phi) is 6.47. The maximum Gasteiger partial charge on any atom is 0.337 e. The first kappa shape index (κ1) is 21.9. The van der Waals surface area contributed by atoms with Crippen molar-refractivity contribution in [3.8, 4) is 0 Å². The van der Waals surface area contributed by atoms with Gasteiger partial charge in [-0.15, -0.1) is 0 Å². The quantitative estimate of drug-likeness (QED) is 0.528. The summed E-state index contributed by atoms with van der Waals surface area (Å²) in [7, 11) is 1.35. The summed E-state index contributed by atoms with van der Waals surface area (Å²) < 4.78 is 4.74. The Balaban J connectivity index is 1.52. The number of esters is 1. The number of carbonyl (C=O) groups is 2. The fourth-order valence-corrected chi connectivity index (χ4v) is 4.33. The SMILES string of the molecule is COC(=O)c1ccc(C(C)NC(=O)c2cccc3c2N(Cc2cccc(Cl)c2)CC3)cc1. The van der Waals surface area contributed by atoms with Crippen LogP contribution >= 0.6 is 11.6 Å². The van der Waals surface area contributed by atoms with Gasteiger partial charge >= 0.3 is 5.97 Å². The largest absolute Gasteiger partial charge is 0.465 e. The minimum absolute atomic E-state index is 0.121. The van der Waals surface area contributed by atoms with E-state index in [4.69, 9.17) is 16.3 Å². The molecule has 164 valence electrons. The van der Waals surface area contributed by atoms with E-state index in [1.807, 2.05) is 55.5 Å². The Morgan fingerprint density at radius 3 is 2.56 bits per heavy atom. The number of hydrogen-bond donors (Lipinski definition) is 1. The normalized spacial score (nSPS) is 13.4. The van der Waals surface area contributed by atoms with Gasteiger partial charge in [0.15, 0.2) is 0 Å². The zero-order chi connectivity index (χ0) is 22.7. The highest BCUT2D eigenvalue weighted by atomic mass is 35.5. The molecule has 0 saturated heterocycles. The maximum atomic E-state index is 13.2. The minimum Gasteiger partial charge on any atom is -0.465 e. The smallest absolute Gasteiger partial charge is 0.337 e. The van der Waals surface area contributed by atoms with Crippen LogP contribution in [0.1, 0.15) is 50.4 Å². The molecule has 32 heavy (non-hydrogen) atoms. The molecule has 0 spiro atoms. The topological polar surface area (TPSA) is 58.6 Å². The molecule has 1 aliphatic rings. The number of nitrogens with one attached hydrogen (secondary N) is 1. The van der Waals surface area contributed by atoms with Crippen LogP contribution in [0, 0.1) is 0 Å². The summed E-state index contributed by atoms with van der Waals surface area (Å²) in [6.45, 7) is 3.48. The molecule has 0 aliphatic carbocycles. The summed E-state index contributed by atoms with van der Waals surface area (Å²) >= 11 is 6.15. The molecule has 0 fully saturated rings. The molecule has 0 radical (unpaired) electrons. The van der Waals surface area contributed by atoms with Gasteiger partial charge in [0.2, 0.25) is 0 Å². The van der Waals surface area contributed by atoms with E-state index in [9.17, 15) is 9.59 Å². The van der Waals surface area contributed by atoms with E-state index in [1.54, 1.807) is 12.1 Å². The highest BCUT2D eigenvalue weighted by Crippen LogP contribution is 2.33. The average molecular weight is 449 g/mol.